The minimum Gasteiger partial charge on any atom is -0.369 e. The van der Waals surface area contributed by atoms with Crippen LogP contribution in [-0.4, -0.2) is 27.2 Å². The van der Waals surface area contributed by atoms with E-state index in [1.165, 1.54) is 11.1 Å². The second kappa shape index (κ2) is 7.81. The van der Waals surface area contributed by atoms with Crippen molar-refractivity contribution in [3.63, 3.8) is 0 Å². The Bertz CT molecular complexity index is 846. The lowest BCUT2D eigenvalue weighted by Gasteiger charge is -2.20. The predicted molar refractivity (Wildman–Crippen MR) is 102 cm³/mol. The van der Waals surface area contributed by atoms with Crippen molar-refractivity contribution in [2.45, 2.75) is 38.6 Å². The fourth-order valence-corrected chi connectivity index (χ4v) is 3.54. The van der Waals surface area contributed by atoms with Crippen LogP contribution in [0.2, 0.25) is 0 Å². The summed E-state index contributed by atoms with van der Waals surface area (Å²) in [5.41, 5.74) is 3.59. The van der Waals surface area contributed by atoms with Crippen molar-refractivity contribution in [3.8, 4) is 11.1 Å². The molecule has 3 heterocycles. The maximum Gasteiger partial charge on any atom is 0.139 e. The van der Waals surface area contributed by atoms with E-state index in [0.717, 1.165) is 37.5 Å². The normalized spacial score (nSPS) is 19.7. The van der Waals surface area contributed by atoms with Crippen LogP contribution in [0, 0.1) is 0 Å². The smallest absolute Gasteiger partial charge is 0.139 e. The fourth-order valence-electron chi connectivity index (χ4n) is 3.54. The van der Waals surface area contributed by atoms with Crippen molar-refractivity contribution >= 4 is 0 Å². The van der Waals surface area contributed by atoms with Crippen molar-refractivity contribution in [3.05, 3.63) is 72.6 Å². The van der Waals surface area contributed by atoms with Crippen LogP contribution in [0.15, 0.2) is 61.2 Å². The van der Waals surface area contributed by atoms with Crippen LogP contribution in [0.4, 0.5) is 0 Å². The molecule has 2 aromatic heterocycles. The number of hydrogen-bond acceptors (Lipinski definition) is 4. The first-order chi connectivity index (χ1) is 12.8. The minimum atomic E-state index is 0.0199. The lowest BCUT2D eigenvalue weighted by molar-refractivity contribution is 0.0886. The largest absolute Gasteiger partial charge is 0.369 e. The molecule has 1 N–H and O–H groups in total. The van der Waals surface area contributed by atoms with Crippen LogP contribution in [0.1, 0.15) is 30.8 Å². The molecule has 5 nitrogen and oxygen atoms in total. The van der Waals surface area contributed by atoms with Crippen molar-refractivity contribution in [1.82, 2.24) is 19.9 Å². The van der Waals surface area contributed by atoms with Gasteiger partial charge in [0.2, 0.25) is 0 Å². The highest BCUT2D eigenvalue weighted by molar-refractivity contribution is 5.62. The van der Waals surface area contributed by atoms with E-state index in [0.29, 0.717) is 0 Å². The molecule has 1 fully saturated rings. The van der Waals surface area contributed by atoms with E-state index >= 15 is 0 Å². The lowest BCUT2D eigenvalue weighted by atomic mass is 10.0. The van der Waals surface area contributed by atoms with Crippen LogP contribution in [0.25, 0.3) is 11.1 Å². The highest BCUT2D eigenvalue weighted by Gasteiger charge is 2.32. The van der Waals surface area contributed by atoms with E-state index in [9.17, 15) is 0 Å². The number of aromatic nitrogens is 3. The lowest BCUT2D eigenvalue weighted by Crippen LogP contribution is -2.32. The topological polar surface area (TPSA) is 52.0 Å². The summed E-state index contributed by atoms with van der Waals surface area (Å²) < 4.78 is 8.14. The Kier molecular flexibility index (Phi) is 5.09. The quantitative estimate of drug-likeness (QED) is 0.740. The van der Waals surface area contributed by atoms with E-state index in [1.807, 2.05) is 24.7 Å². The second-order valence-electron chi connectivity index (χ2n) is 6.58. The summed E-state index contributed by atoms with van der Waals surface area (Å²) in [6.45, 7) is 4.63. The van der Waals surface area contributed by atoms with Gasteiger partial charge in [0, 0.05) is 50.5 Å². The van der Waals surface area contributed by atoms with Crippen LogP contribution in [0.3, 0.4) is 0 Å². The number of benzene rings is 1. The molecule has 0 saturated carbocycles. The molecule has 1 aromatic carbocycles. The van der Waals surface area contributed by atoms with Gasteiger partial charge in [-0.25, -0.2) is 4.98 Å². The third-order valence-corrected chi connectivity index (χ3v) is 4.92. The SMILES string of the molecule is CCn1ccnc1[C@H]1OCC[C@@H]1NCc1cccc(-c2cccnc2)c1. The summed E-state index contributed by atoms with van der Waals surface area (Å²) in [5, 5.41) is 3.67. The summed E-state index contributed by atoms with van der Waals surface area (Å²) in [5.74, 6) is 1.02. The van der Waals surface area contributed by atoms with Gasteiger partial charge in [-0.1, -0.05) is 24.3 Å². The van der Waals surface area contributed by atoms with Gasteiger partial charge in [-0.2, -0.15) is 0 Å². The molecule has 5 heteroatoms. The Labute approximate surface area is 154 Å². The van der Waals surface area contributed by atoms with Gasteiger partial charge in [0.15, 0.2) is 0 Å². The van der Waals surface area contributed by atoms with Gasteiger partial charge in [-0.3, -0.25) is 4.98 Å². The number of aryl methyl sites for hydroxylation is 1. The molecule has 0 aliphatic carbocycles. The van der Waals surface area contributed by atoms with Crippen molar-refractivity contribution in [2.75, 3.05) is 6.61 Å². The Morgan fingerprint density at radius 2 is 2.12 bits per heavy atom. The first kappa shape index (κ1) is 16.9. The van der Waals surface area contributed by atoms with Gasteiger partial charge in [0.25, 0.3) is 0 Å². The van der Waals surface area contributed by atoms with Gasteiger partial charge in [0.05, 0.1) is 0 Å². The zero-order valence-corrected chi connectivity index (χ0v) is 15.0. The molecule has 0 amide bonds. The summed E-state index contributed by atoms with van der Waals surface area (Å²) >= 11 is 0. The summed E-state index contributed by atoms with van der Waals surface area (Å²) in [6.07, 6.45) is 8.60. The molecular weight excluding hydrogens is 324 g/mol. The Morgan fingerprint density at radius 1 is 1.19 bits per heavy atom. The van der Waals surface area contributed by atoms with Crippen molar-refractivity contribution in [1.29, 1.82) is 0 Å². The maximum atomic E-state index is 5.98. The van der Waals surface area contributed by atoms with Crippen molar-refractivity contribution < 1.29 is 4.74 Å². The molecule has 0 spiro atoms. The number of ether oxygens (including phenoxy) is 1. The molecule has 3 aromatic rings. The molecule has 134 valence electrons. The third-order valence-electron chi connectivity index (χ3n) is 4.92. The Balaban J connectivity index is 1.45. The van der Waals surface area contributed by atoms with Gasteiger partial charge in [0.1, 0.15) is 11.9 Å². The summed E-state index contributed by atoms with van der Waals surface area (Å²) in [6, 6.07) is 12.9. The molecule has 1 aliphatic heterocycles. The third kappa shape index (κ3) is 3.54. The van der Waals surface area contributed by atoms with Gasteiger partial charge in [-0.05, 0) is 42.2 Å². The number of nitrogens with zero attached hydrogens (tertiary/aromatic N) is 3. The van der Waals surface area contributed by atoms with Crippen LogP contribution in [-0.2, 0) is 17.8 Å². The average Bonchev–Trinajstić information content (AvgIpc) is 3.35. The van der Waals surface area contributed by atoms with Crippen LogP contribution >= 0.6 is 0 Å². The van der Waals surface area contributed by atoms with E-state index in [1.54, 1.807) is 6.20 Å². The fraction of sp³-hybridized carbons (Fsp3) is 0.333. The van der Waals surface area contributed by atoms with Crippen LogP contribution in [0.5, 0.6) is 0 Å². The van der Waals surface area contributed by atoms with E-state index in [-0.39, 0.29) is 12.1 Å². The Morgan fingerprint density at radius 3 is 2.96 bits per heavy atom. The highest BCUT2D eigenvalue weighted by Crippen LogP contribution is 2.28. The maximum absolute atomic E-state index is 5.98. The molecule has 1 aliphatic rings. The predicted octanol–water partition coefficient (Wildman–Crippen LogP) is 3.58. The highest BCUT2D eigenvalue weighted by atomic mass is 16.5. The van der Waals surface area contributed by atoms with Crippen LogP contribution < -0.4 is 5.32 Å². The zero-order valence-electron chi connectivity index (χ0n) is 15.0. The first-order valence-electron chi connectivity index (χ1n) is 9.20. The molecule has 0 unspecified atom stereocenters. The number of pyridine rings is 1. The molecule has 4 rings (SSSR count). The van der Waals surface area contributed by atoms with E-state index in [2.05, 4.69) is 57.1 Å². The molecule has 26 heavy (non-hydrogen) atoms. The molecule has 2 atom stereocenters. The zero-order chi connectivity index (χ0) is 17.8. The second-order valence-corrected chi connectivity index (χ2v) is 6.58. The number of imidazole rings is 1. The molecule has 0 bridgehead atoms. The number of nitrogens with one attached hydrogen (secondary N) is 1. The minimum absolute atomic E-state index is 0.0199. The van der Waals surface area contributed by atoms with Gasteiger partial charge in [-0.15, -0.1) is 0 Å². The summed E-state index contributed by atoms with van der Waals surface area (Å²) in [7, 11) is 0. The molecule has 0 radical (unpaired) electrons. The first-order valence-corrected chi connectivity index (χ1v) is 9.20. The van der Waals surface area contributed by atoms with Gasteiger partial charge >= 0.3 is 0 Å². The molecular formula is C21H24N4O. The number of hydrogen-bond donors (Lipinski definition) is 1. The van der Waals surface area contributed by atoms with Gasteiger partial charge < -0.3 is 14.6 Å². The van der Waals surface area contributed by atoms with Crippen molar-refractivity contribution in [2.24, 2.45) is 0 Å². The standard InChI is InChI=1S/C21H24N4O/c1-2-25-11-10-23-21(25)20-19(8-12-26-20)24-14-16-5-3-6-17(13-16)18-7-4-9-22-15-18/h3-7,9-11,13,15,19-20,24H,2,8,12,14H2,1H3/t19-,20-/m0/s1. The molecule has 1 saturated heterocycles. The van der Waals surface area contributed by atoms with E-state index < -0.39 is 0 Å². The monoisotopic (exact) mass is 348 g/mol. The average molecular weight is 348 g/mol. The summed E-state index contributed by atoms with van der Waals surface area (Å²) in [4.78, 5) is 8.73. The van der Waals surface area contributed by atoms with E-state index in [4.69, 9.17) is 4.74 Å². The Hall–Kier alpha value is -2.50. The number of rotatable bonds is 6.